The zero-order valence-electron chi connectivity index (χ0n) is 9.93. The molecule has 3 nitrogen and oxygen atoms in total. The molecule has 0 aliphatic heterocycles. The van der Waals surface area contributed by atoms with Crippen LogP contribution in [-0.4, -0.2) is 16.9 Å². The van der Waals surface area contributed by atoms with E-state index in [1.165, 1.54) is 17.5 Å². The average molecular weight is 380 g/mol. The predicted octanol–water partition coefficient (Wildman–Crippen LogP) is 2.73. The van der Waals surface area contributed by atoms with E-state index >= 15 is 0 Å². The Labute approximate surface area is 125 Å². The number of carbonyl (C=O) groups excluding carboxylic acids is 1. The molecule has 0 aromatic heterocycles. The van der Waals surface area contributed by atoms with Crippen LogP contribution >= 0.6 is 34.2 Å². The van der Waals surface area contributed by atoms with Crippen LogP contribution in [0.4, 0.5) is 0 Å². The molecular formula is C13H15ClINO2. The van der Waals surface area contributed by atoms with Crippen molar-refractivity contribution in [1.29, 1.82) is 0 Å². The summed E-state index contributed by atoms with van der Waals surface area (Å²) in [6, 6.07) is 2.05. The number of benzene rings is 1. The minimum Gasteiger partial charge on any atom is -0.506 e. The average Bonchev–Trinajstić information content (AvgIpc) is 2.39. The second-order valence-corrected chi connectivity index (χ2v) is 5.87. The van der Waals surface area contributed by atoms with Crippen molar-refractivity contribution in [3.05, 3.63) is 26.3 Å². The first-order valence-corrected chi connectivity index (χ1v) is 7.59. The number of hydrogen-bond acceptors (Lipinski definition) is 2. The van der Waals surface area contributed by atoms with E-state index in [0.29, 0.717) is 12.3 Å². The number of phenolic OH excluding ortho intramolecular Hbond substituents is 1. The van der Waals surface area contributed by atoms with Gasteiger partial charge in [0.15, 0.2) is 0 Å². The van der Waals surface area contributed by atoms with Crippen molar-refractivity contribution in [2.24, 2.45) is 0 Å². The highest BCUT2D eigenvalue weighted by Crippen LogP contribution is 2.34. The Balaban J connectivity index is 2.31. The number of fused-ring (bicyclic) bond motifs is 1. The van der Waals surface area contributed by atoms with Gasteiger partial charge in [-0.2, -0.15) is 0 Å². The van der Waals surface area contributed by atoms with Gasteiger partial charge in [0, 0.05) is 12.1 Å². The summed E-state index contributed by atoms with van der Waals surface area (Å²) in [6.45, 7) is 0.358. The van der Waals surface area contributed by atoms with Crippen LogP contribution in [0.3, 0.4) is 0 Å². The van der Waals surface area contributed by atoms with Crippen molar-refractivity contribution in [2.45, 2.75) is 32.2 Å². The van der Waals surface area contributed by atoms with Crippen LogP contribution < -0.4 is 5.32 Å². The molecule has 0 fully saturated rings. The van der Waals surface area contributed by atoms with Gasteiger partial charge in [0.2, 0.25) is 5.91 Å². The number of amides is 1. The number of hydrogen-bond donors (Lipinski definition) is 2. The van der Waals surface area contributed by atoms with Gasteiger partial charge in [0.1, 0.15) is 11.6 Å². The smallest absolute Gasteiger partial charge is 0.235 e. The van der Waals surface area contributed by atoms with E-state index in [1.54, 1.807) is 0 Å². The lowest BCUT2D eigenvalue weighted by Crippen LogP contribution is -2.25. The highest BCUT2D eigenvalue weighted by molar-refractivity contribution is 14.1. The van der Waals surface area contributed by atoms with Gasteiger partial charge >= 0.3 is 0 Å². The van der Waals surface area contributed by atoms with Crippen molar-refractivity contribution in [2.75, 3.05) is 5.88 Å². The number of aryl methyl sites for hydroxylation is 1. The lowest BCUT2D eigenvalue weighted by atomic mass is 9.87. The molecule has 0 heterocycles. The second kappa shape index (κ2) is 6.10. The molecule has 98 valence electrons. The number of nitrogens with one attached hydrogen (secondary N) is 1. The Morgan fingerprint density at radius 1 is 1.44 bits per heavy atom. The van der Waals surface area contributed by atoms with E-state index in [1.807, 2.05) is 0 Å². The van der Waals surface area contributed by atoms with Gasteiger partial charge in [-0.25, -0.2) is 0 Å². The fraction of sp³-hybridized carbons (Fsp3) is 0.462. The summed E-state index contributed by atoms with van der Waals surface area (Å²) < 4.78 is 0.850. The molecule has 0 spiro atoms. The van der Waals surface area contributed by atoms with E-state index in [-0.39, 0.29) is 11.8 Å². The van der Waals surface area contributed by atoms with Crippen LogP contribution in [0.15, 0.2) is 6.07 Å². The molecule has 1 aliphatic carbocycles. The van der Waals surface area contributed by atoms with Crippen LogP contribution in [0.25, 0.3) is 0 Å². The molecule has 1 aromatic rings. The molecule has 0 atom stereocenters. The first-order chi connectivity index (χ1) is 8.63. The first-order valence-electron chi connectivity index (χ1n) is 5.98. The maximum Gasteiger partial charge on any atom is 0.235 e. The van der Waals surface area contributed by atoms with E-state index in [4.69, 9.17) is 11.6 Å². The lowest BCUT2D eigenvalue weighted by molar-refractivity contribution is -0.118. The number of aromatic hydroxyl groups is 1. The Bertz CT molecular complexity index is 477. The minimum atomic E-state index is -0.209. The third kappa shape index (κ3) is 2.91. The van der Waals surface area contributed by atoms with E-state index < -0.39 is 0 Å². The van der Waals surface area contributed by atoms with Crippen LogP contribution in [0.2, 0.25) is 0 Å². The molecule has 2 rings (SSSR count). The number of carbonyl (C=O) groups is 1. The summed E-state index contributed by atoms with van der Waals surface area (Å²) in [5.74, 6) is 0.0398. The van der Waals surface area contributed by atoms with E-state index in [9.17, 15) is 9.90 Å². The van der Waals surface area contributed by atoms with Crippen LogP contribution in [0.1, 0.15) is 29.5 Å². The Morgan fingerprint density at radius 3 is 2.89 bits per heavy atom. The van der Waals surface area contributed by atoms with Gasteiger partial charge in [0.05, 0.1) is 3.57 Å². The Hall–Kier alpha value is -0.490. The van der Waals surface area contributed by atoms with E-state index in [0.717, 1.165) is 28.4 Å². The highest BCUT2D eigenvalue weighted by atomic mass is 127. The molecule has 0 bridgehead atoms. The van der Waals surface area contributed by atoms with Gasteiger partial charge in [0.25, 0.3) is 0 Å². The van der Waals surface area contributed by atoms with Crippen LogP contribution in [0.5, 0.6) is 5.75 Å². The zero-order valence-corrected chi connectivity index (χ0v) is 12.8. The zero-order chi connectivity index (χ0) is 13.1. The summed E-state index contributed by atoms with van der Waals surface area (Å²) in [7, 11) is 0. The minimum absolute atomic E-state index is 0.0487. The topological polar surface area (TPSA) is 49.3 Å². The third-order valence-corrected chi connectivity index (χ3v) is 4.34. The highest BCUT2D eigenvalue weighted by Gasteiger charge is 2.19. The van der Waals surface area contributed by atoms with Crippen molar-refractivity contribution < 1.29 is 9.90 Å². The predicted molar refractivity (Wildman–Crippen MR) is 80.0 cm³/mol. The first kappa shape index (κ1) is 13.9. The van der Waals surface area contributed by atoms with Crippen molar-refractivity contribution >= 4 is 40.1 Å². The van der Waals surface area contributed by atoms with Crippen LogP contribution in [-0.2, 0) is 24.2 Å². The summed E-state index contributed by atoms with van der Waals surface area (Å²) in [4.78, 5) is 11.2. The molecular weight excluding hydrogens is 365 g/mol. The van der Waals surface area contributed by atoms with Gasteiger partial charge in [-0.3, -0.25) is 4.79 Å². The summed E-state index contributed by atoms with van der Waals surface area (Å²) in [5.41, 5.74) is 3.36. The van der Waals surface area contributed by atoms with Gasteiger partial charge in [-0.1, -0.05) is 0 Å². The SMILES string of the molecule is O=C(CCl)NCc1c(O)c(I)cc2c1CCCC2. The molecule has 1 aromatic carbocycles. The molecule has 0 saturated carbocycles. The normalized spacial score (nSPS) is 14.1. The lowest BCUT2D eigenvalue weighted by Gasteiger charge is -2.21. The molecule has 2 N–H and O–H groups in total. The number of rotatable bonds is 3. The van der Waals surface area contributed by atoms with Gasteiger partial charge in [-0.05, 0) is 65.5 Å². The van der Waals surface area contributed by atoms with Crippen LogP contribution in [0, 0.1) is 3.57 Å². The second-order valence-electron chi connectivity index (χ2n) is 4.44. The summed E-state index contributed by atoms with van der Waals surface area (Å²) >= 11 is 7.59. The summed E-state index contributed by atoms with van der Waals surface area (Å²) in [5, 5.41) is 12.9. The maximum absolute atomic E-state index is 11.2. The molecule has 1 aliphatic rings. The standard InChI is InChI=1S/C13H15ClINO2/c14-6-12(17)16-7-10-9-4-2-1-3-8(9)5-11(15)13(10)18/h5,18H,1-4,6-7H2,(H,16,17). The van der Waals surface area contributed by atoms with Crippen molar-refractivity contribution in [3.63, 3.8) is 0 Å². The molecule has 0 unspecified atom stereocenters. The molecule has 1 amide bonds. The Kier molecular flexibility index (Phi) is 4.72. The third-order valence-electron chi connectivity index (χ3n) is 3.27. The monoisotopic (exact) mass is 379 g/mol. The molecule has 0 saturated heterocycles. The number of phenols is 1. The number of alkyl halides is 1. The summed E-state index contributed by atoms with van der Waals surface area (Å²) in [6.07, 6.45) is 4.37. The maximum atomic E-state index is 11.2. The van der Waals surface area contributed by atoms with Gasteiger partial charge in [-0.15, -0.1) is 11.6 Å². The number of halogens is 2. The van der Waals surface area contributed by atoms with Gasteiger partial charge < -0.3 is 10.4 Å². The fourth-order valence-electron chi connectivity index (χ4n) is 2.37. The molecule has 5 heteroatoms. The van der Waals surface area contributed by atoms with Crippen molar-refractivity contribution in [3.8, 4) is 5.75 Å². The fourth-order valence-corrected chi connectivity index (χ4v) is 3.16. The van der Waals surface area contributed by atoms with Crippen molar-refractivity contribution in [1.82, 2.24) is 5.32 Å². The quantitative estimate of drug-likeness (QED) is 0.627. The van der Waals surface area contributed by atoms with E-state index in [2.05, 4.69) is 34.0 Å². The largest absolute Gasteiger partial charge is 0.506 e. The molecule has 18 heavy (non-hydrogen) atoms. The Morgan fingerprint density at radius 2 is 2.17 bits per heavy atom. The molecule has 0 radical (unpaired) electrons.